The topological polar surface area (TPSA) is 66.8 Å². The molecular formula is C8H14BNO4. The number of carbonyl (C=O) groups is 2. The van der Waals surface area contributed by atoms with Crippen LogP contribution in [0, 0.1) is 5.92 Å². The molecule has 1 rings (SSSR count). The number of rotatable bonds is 4. The Morgan fingerprint density at radius 1 is 1.79 bits per heavy atom. The largest absolute Gasteiger partial charge is 0.480 e. The summed E-state index contributed by atoms with van der Waals surface area (Å²) in [5.74, 6) is -0.646. The Labute approximate surface area is 83.5 Å². The average Bonchev–Trinajstić information content (AvgIpc) is 2.31. The highest BCUT2D eigenvalue weighted by Crippen LogP contribution is 2.22. The summed E-state index contributed by atoms with van der Waals surface area (Å²) in [6.07, 6.45) is 0.525. The van der Waals surface area contributed by atoms with Gasteiger partial charge in [0.2, 0.25) is 13.9 Å². The van der Waals surface area contributed by atoms with Gasteiger partial charge in [0.25, 0.3) is 0 Å². The lowest BCUT2D eigenvalue weighted by Crippen LogP contribution is -2.36. The lowest BCUT2D eigenvalue weighted by Gasteiger charge is -2.22. The zero-order valence-electron chi connectivity index (χ0n) is 8.40. The van der Waals surface area contributed by atoms with Gasteiger partial charge in [-0.15, -0.1) is 0 Å². The van der Waals surface area contributed by atoms with Crippen LogP contribution in [0.15, 0.2) is 0 Å². The molecule has 1 saturated heterocycles. The number of carboxylic acid groups (broad SMARTS) is 1. The Balaban J connectivity index is 2.36. The van der Waals surface area contributed by atoms with E-state index < -0.39 is 5.97 Å². The molecule has 1 N–H and O–H groups in total. The number of hydrogen-bond acceptors (Lipinski definition) is 3. The van der Waals surface area contributed by atoms with Gasteiger partial charge in [-0.05, 0) is 5.92 Å². The molecule has 1 aliphatic rings. The van der Waals surface area contributed by atoms with E-state index in [0.29, 0.717) is 13.0 Å². The normalized spacial score (nSPS) is 26.9. The minimum atomic E-state index is -0.982. The second-order valence-corrected chi connectivity index (χ2v) is 3.66. The van der Waals surface area contributed by atoms with Crippen molar-refractivity contribution in [2.75, 3.05) is 13.2 Å². The first-order valence-electron chi connectivity index (χ1n) is 4.57. The molecule has 0 aromatic rings. The van der Waals surface area contributed by atoms with Crippen molar-refractivity contribution >= 4 is 19.9 Å². The summed E-state index contributed by atoms with van der Waals surface area (Å²) in [6.45, 7) is 1.97. The van der Waals surface area contributed by atoms with Gasteiger partial charge in [0.05, 0.1) is 6.61 Å². The van der Waals surface area contributed by atoms with Gasteiger partial charge in [-0.3, -0.25) is 4.79 Å². The van der Waals surface area contributed by atoms with Crippen molar-refractivity contribution in [3.8, 4) is 0 Å². The number of amides is 1. The van der Waals surface area contributed by atoms with Gasteiger partial charge in [0.1, 0.15) is 6.61 Å². The molecule has 1 aliphatic heterocycles. The van der Waals surface area contributed by atoms with E-state index in [1.54, 1.807) is 12.8 Å². The number of aliphatic carboxylic acids is 1. The fourth-order valence-electron chi connectivity index (χ4n) is 1.67. The second-order valence-electron chi connectivity index (χ2n) is 3.66. The summed E-state index contributed by atoms with van der Waals surface area (Å²) < 4.78 is 4.97. The number of hydrogen-bond donors (Lipinski definition) is 1. The molecule has 0 aromatic carbocycles. The van der Waals surface area contributed by atoms with Crippen molar-refractivity contribution in [3.05, 3.63) is 0 Å². The molecule has 0 bridgehead atoms. The maximum absolute atomic E-state index is 11.2. The second kappa shape index (κ2) is 4.46. The molecular weight excluding hydrogens is 185 g/mol. The maximum atomic E-state index is 11.2. The van der Waals surface area contributed by atoms with E-state index in [1.807, 2.05) is 6.92 Å². The highest BCUT2D eigenvalue weighted by atomic mass is 16.5. The summed E-state index contributed by atoms with van der Waals surface area (Å²) in [4.78, 5) is 23.1. The molecule has 5 nitrogen and oxygen atoms in total. The molecule has 2 atom stereocenters. The van der Waals surface area contributed by atoms with Crippen LogP contribution in [0.3, 0.4) is 0 Å². The molecule has 2 unspecified atom stereocenters. The van der Waals surface area contributed by atoms with Gasteiger partial charge >= 0.3 is 5.97 Å². The Morgan fingerprint density at radius 3 is 2.86 bits per heavy atom. The first kappa shape index (κ1) is 11.0. The highest BCUT2D eigenvalue weighted by molar-refractivity contribution is 6.15. The third kappa shape index (κ3) is 2.48. The fourth-order valence-corrected chi connectivity index (χ4v) is 1.67. The summed E-state index contributed by atoms with van der Waals surface area (Å²) in [6, 6.07) is 0.0156. The fraction of sp³-hybridized carbons (Fsp3) is 0.750. The van der Waals surface area contributed by atoms with Crippen molar-refractivity contribution in [3.63, 3.8) is 0 Å². The molecule has 14 heavy (non-hydrogen) atoms. The standard InChI is InChI=1S/C8H14BNO4/c1-5-2-7(11)10(9)6(5)3-14-4-8(12)13/h5-6H,2-4,9H2,1H3,(H,12,13). The Morgan fingerprint density at radius 2 is 2.43 bits per heavy atom. The van der Waals surface area contributed by atoms with Gasteiger partial charge in [-0.1, -0.05) is 6.92 Å². The summed E-state index contributed by atoms with van der Waals surface area (Å²) in [7, 11) is 1.72. The molecule has 0 aromatic heterocycles. The molecule has 1 heterocycles. The molecule has 1 amide bonds. The third-order valence-corrected chi connectivity index (χ3v) is 2.56. The van der Waals surface area contributed by atoms with Crippen LogP contribution < -0.4 is 0 Å². The van der Waals surface area contributed by atoms with Gasteiger partial charge < -0.3 is 14.7 Å². The summed E-state index contributed by atoms with van der Waals surface area (Å²) >= 11 is 0. The van der Waals surface area contributed by atoms with Crippen LogP contribution in [0.1, 0.15) is 13.3 Å². The first-order chi connectivity index (χ1) is 6.52. The van der Waals surface area contributed by atoms with Crippen molar-refractivity contribution in [2.24, 2.45) is 5.92 Å². The van der Waals surface area contributed by atoms with Crippen LogP contribution in [-0.4, -0.2) is 49.0 Å². The van der Waals surface area contributed by atoms with Gasteiger partial charge in [-0.2, -0.15) is 0 Å². The molecule has 1 fully saturated rings. The number of ether oxygens (including phenoxy) is 1. The Bertz CT molecular complexity index is 245. The predicted molar refractivity (Wildman–Crippen MR) is 51.4 cm³/mol. The Hall–Kier alpha value is -1.04. The lowest BCUT2D eigenvalue weighted by atomic mass is 10.0. The van der Waals surface area contributed by atoms with Crippen molar-refractivity contribution in [1.29, 1.82) is 0 Å². The van der Waals surface area contributed by atoms with Crippen LogP contribution in [0.2, 0.25) is 0 Å². The van der Waals surface area contributed by atoms with E-state index in [4.69, 9.17) is 9.84 Å². The van der Waals surface area contributed by atoms with Crippen LogP contribution in [0.4, 0.5) is 0 Å². The molecule has 0 aliphatic carbocycles. The van der Waals surface area contributed by atoms with E-state index in [9.17, 15) is 9.59 Å². The minimum absolute atomic E-state index is 0.0156. The average molecular weight is 199 g/mol. The van der Waals surface area contributed by atoms with Crippen LogP contribution in [0.5, 0.6) is 0 Å². The number of nitrogens with zero attached hydrogens (tertiary/aromatic N) is 1. The van der Waals surface area contributed by atoms with Crippen molar-refractivity contribution < 1.29 is 19.4 Å². The number of carboxylic acids is 1. The monoisotopic (exact) mass is 199 g/mol. The van der Waals surface area contributed by atoms with E-state index >= 15 is 0 Å². The summed E-state index contributed by atoms with van der Waals surface area (Å²) in [5.41, 5.74) is 0. The van der Waals surface area contributed by atoms with E-state index in [1.165, 1.54) is 0 Å². The molecule has 0 spiro atoms. The zero-order valence-corrected chi connectivity index (χ0v) is 8.40. The van der Waals surface area contributed by atoms with Gasteiger partial charge in [0.15, 0.2) is 0 Å². The van der Waals surface area contributed by atoms with E-state index in [-0.39, 0.29) is 24.5 Å². The summed E-state index contributed by atoms with van der Waals surface area (Å²) in [5, 5.41) is 8.37. The Kier molecular flexibility index (Phi) is 3.52. The molecule has 0 radical (unpaired) electrons. The molecule has 0 saturated carbocycles. The molecule has 78 valence electrons. The third-order valence-electron chi connectivity index (χ3n) is 2.56. The smallest absolute Gasteiger partial charge is 0.329 e. The van der Waals surface area contributed by atoms with E-state index in [2.05, 4.69) is 0 Å². The van der Waals surface area contributed by atoms with Crippen molar-refractivity contribution in [1.82, 2.24) is 4.81 Å². The lowest BCUT2D eigenvalue weighted by molar-refractivity contribution is -0.142. The SMILES string of the molecule is BN1C(=O)CC(C)C1COCC(=O)O. The maximum Gasteiger partial charge on any atom is 0.329 e. The van der Waals surface area contributed by atoms with Crippen LogP contribution in [-0.2, 0) is 14.3 Å². The number of carbonyl (C=O) groups excluding carboxylic acids is 1. The highest BCUT2D eigenvalue weighted by Gasteiger charge is 2.33. The van der Waals surface area contributed by atoms with Gasteiger partial charge in [-0.25, -0.2) is 4.79 Å². The molecule has 6 heteroatoms. The minimum Gasteiger partial charge on any atom is -0.480 e. The van der Waals surface area contributed by atoms with Gasteiger partial charge in [0, 0.05) is 12.5 Å². The van der Waals surface area contributed by atoms with Crippen LogP contribution in [0.25, 0.3) is 0 Å². The van der Waals surface area contributed by atoms with Crippen LogP contribution >= 0.6 is 0 Å². The van der Waals surface area contributed by atoms with E-state index in [0.717, 1.165) is 0 Å². The zero-order chi connectivity index (χ0) is 10.7. The quantitative estimate of drug-likeness (QED) is 0.582. The first-order valence-corrected chi connectivity index (χ1v) is 4.57. The predicted octanol–water partition coefficient (Wildman–Crippen LogP) is -1.13. The van der Waals surface area contributed by atoms with Crippen molar-refractivity contribution in [2.45, 2.75) is 19.4 Å².